The molecular formula is C12H17N7OS3. The Kier molecular flexibility index (Phi) is 6.86. The quantitative estimate of drug-likeness (QED) is 0.276. The van der Waals surface area contributed by atoms with Gasteiger partial charge in [0.05, 0.1) is 5.75 Å². The summed E-state index contributed by atoms with van der Waals surface area (Å²) in [4.78, 5) is 19.9. The van der Waals surface area contributed by atoms with Crippen molar-refractivity contribution in [3.8, 4) is 0 Å². The average Bonchev–Trinajstić information content (AvgIpc) is 2.92. The first kappa shape index (κ1) is 17.8. The highest BCUT2D eigenvalue weighted by Crippen LogP contribution is 2.26. The number of nitrogen functional groups attached to an aromatic ring is 2. The van der Waals surface area contributed by atoms with Crippen LogP contribution in [0.25, 0.3) is 0 Å². The molecule has 0 radical (unpaired) electrons. The van der Waals surface area contributed by atoms with Crippen molar-refractivity contribution < 1.29 is 4.79 Å². The van der Waals surface area contributed by atoms with E-state index in [0.29, 0.717) is 10.3 Å². The van der Waals surface area contributed by atoms with Crippen LogP contribution in [0.2, 0.25) is 0 Å². The standard InChI is InChI=1S/C12H17N7OS3/c1-2-3-4-21-12-19-18-11(23-12)17-9(20)6-22-10-15-7(13)5-8(14)16-10/h5H,2-4,6H2,1H3,(H,17,18,20)(H4,13,14,15,16). The molecule has 2 rings (SSSR count). The van der Waals surface area contributed by atoms with E-state index in [9.17, 15) is 4.79 Å². The van der Waals surface area contributed by atoms with Crippen molar-refractivity contribution in [1.29, 1.82) is 0 Å². The van der Waals surface area contributed by atoms with E-state index in [1.165, 1.54) is 17.4 Å². The highest BCUT2D eigenvalue weighted by molar-refractivity contribution is 8.01. The smallest absolute Gasteiger partial charge is 0.236 e. The molecule has 0 atom stereocenters. The zero-order chi connectivity index (χ0) is 16.7. The minimum Gasteiger partial charge on any atom is -0.383 e. The Hall–Kier alpha value is -1.59. The van der Waals surface area contributed by atoms with Crippen LogP contribution in [0, 0.1) is 0 Å². The third-order valence-corrected chi connectivity index (χ3v) is 5.36. The minimum atomic E-state index is -0.208. The molecule has 0 saturated carbocycles. The van der Waals surface area contributed by atoms with Crippen molar-refractivity contribution in [2.24, 2.45) is 0 Å². The van der Waals surface area contributed by atoms with E-state index >= 15 is 0 Å². The van der Waals surface area contributed by atoms with Crippen LogP contribution < -0.4 is 16.8 Å². The predicted molar refractivity (Wildman–Crippen MR) is 95.8 cm³/mol. The monoisotopic (exact) mass is 371 g/mol. The first-order chi connectivity index (χ1) is 11.1. The van der Waals surface area contributed by atoms with Gasteiger partial charge in [-0.1, -0.05) is 48.2 Å². The van der Waals surface area contributed by atoms with Crippen LogP contribution in [-0.4, -0.2) is 37.6 Å². The van der Waals surface area contributed by atoms with Gasteiger partial charge in [-0.05, 0) is 6.42 Å². The number of hydrogen-bond acceptors (Lipinski definition) is 10. The van der Waals surface area contributed by atoms with Gasteiger partial charge in [-0.25, -0.2) is 9.97 Å². The predicted octanol–water partition coefficient (Wildman–Crippen LogP) is 2.12. The molecule has 0 saturated heterocycles. The van der Waals surface area contributed by atoms with E-state index < -0.39 is 0 Å². The molecule has 0 aromatic carbocycles. The lowest BCUT2D eigenvalue weighted by Crippen LogP contribution is -2.14. The largest absolute Gasteiger partial charge is 0.383 e. The molecule has 8 nitrogen and oxygen atoms in total. The highest BCUT2D eigenvalue weighted by Gasteiger charge is 2.10. The van der Waals surface area contributed by atoms with Gasteiger partial charge in [0.2, 0.25) is 11.0 Å². The summed E-state index contributed by atoms with van der Waals surface area (Å²) in [7, 11) is 0. The number of rotatable bonds is 8. The number of carbonyl (C=O) groups excluding carboxylic acids is 1. The lowest BCUT2D eigenvalue weighted by molar-refractivity contribution is -0.113. The number of anilines is 3. The summed E-state index contributed by atoms with van der Waals surface area (Å²) in [6.45, 7) is 2.14. The maximum atomic E-state index is 11.9. The maximum absolute atomic E-state index is 11.9. The Bertz CT molecular complexity index is 644. The van der Waals surface area contributed by atoms with Gasteiger partial charge in [0.15, 0.2) is 9.50 Å². The summed E-state index contributed by atoms with van der Waals surface area (Å²) in [5.74, 6) is 1.49. The van der Waals surface area contributed by atoms with Crippen LogP contribution in [0.5, 0.6) is 0 Å². The summed E-state index contributed by atoms with van der Waals surface area (Å²) < 4.78 is 0.855. The topological polar surface area (TPSA) is 133 Å². The SMILES string of the molecule is CCCCSc1nnc(NC(=O)CSc2nc(N)cc(N)n2)s1. The molecule has 0 aliphatic carbocycles. The molecule has 124 valence electrons. The normalized spacial score (nSPS) is 10.7. The number of nitrogens with two attached hydrogens (primary N) is 2. The number of hydrogen-bond donors (Lipinski definition) is 3. The fourth-order valence-corrected chi connectivity index (χ4v) is 4.03. The third-order valence-electron chi connectivity index (χ3n) is 2.45. The molecular weight excluding hydrogens is 354 g/mol. The summed E-state index contributed by atoms with van der Waals surface area (Å²) in [5, 5.41) is 11.5. The Morgan fingerprint density at radius 3 is 2.70 bits per heavy atom. The van der Waals surface area contributed by atoms with E-state index in [1.807, 2.05) is 0 Å². The second-order valence-corrected chi connectivity index (χ2v) is 7.67. The zero-order valence-corrected chi connectivity index (χ0v) is 14.9. The van der Waals surface area contributed by atoms with Gasteiger partial charge in [0, 0.05) is 11.8 Å². The molecule has 0 aliphatic heterocycles. The van der Waals surface area contributed by atoms with Crippen molar-refractivity contribution in [2.45, 2.75) is 29.3 Å². The number of nitrogens with one attached hydrogen (secondary N) is 1. The second-order valence-electron chi connectivity index (χ2n) is 4.41. The molecule has 0 spiro atoms. The van der Waals surface area contributed by atoms with Crippen molar-refractivity contribution in [3.63, 3.8) is 0 Å². The van der Waals surface area contributed by atoms with E-state index in [-0.39, 0.29) is 23.3 Å². The number of carbonyl (C=O) groups is 1. The summed E-state index contributed by atoms with van der Waals surface area (Å²) in [6, 6.07) is 1.46. The molecule has 2 aromatic heterocycles. The van der Waals surface area contributed by atoms with E-state index in [2.05, 4.69) is 32.4 Å². The van der Waals surface area contributed by atoms with Gasteiger partial charge in [0.25, 0.3) is 0 Å². The number of thioether (sulfide) groups is 2. The molecule has 5 N–H and O–H groups in total. The Morgan fingerprint density at radius 2 is 2.00 bits per heavy atom. The Labute approximate surface area is 146 Å². The average molecular weight is 372 g/mol. The first-order valence-electron chi connectivity index (χ1n) is 6.85. The molecule has 0 aliphatic rings. The van der Waals surface area contributed by atoms with E-state index in [1.54, 1.807) is 11.8 Å². The Balaban J connectivity index is 1.80. The number of unbranched alkanes of at least 4 members (excludes halogenated alkanes) is 1. The molecule has 0 fully saturated rings. The fourth-order valence-electron chi connectivity index (χ4n) is 1.43. The van der Waals surface area contributed by atoms with Gasteiger partial charge in [0.1, 0.15) is 11.6 Å². The van der Waals surface area contributed by atoms with Crippen LogP contribution in [0.15, 0.2) is 15.6 Å². The van der Waals surface area contributed by atoms with Crippen LogP contribution in [0.1, 0.15) is 19.8 Å². The number of nitrogens with zero attached hydrogens (tertiary/aromatic N) is 4. The molecule has 2 heterocycles. The summed E-state index contributed by atoms with van der Waals surface area (Å²) in [5.41, 5.74) is 11.2. The van der Waals surface area contributed by atoms with Crippen LogP contribution in [0.4, 0.5) is 16.8 Å². The van der Waals surface area contributed by atoms with Crippen molar-refractivity contribution in [2.75, 3.05) is 28.3 Å². The molecule has 2 aromatic rings. The zero-order valence-electron chi connectivity index (χ0n) is 12.5. The van der Waals surface area contributed by atoms with Crippen molar-refractivity contribution >= 4 is 57.5 Å². The third kappa shape index (κ3) is 6.20. The van der Waals surface area contributed by atoms with Gasteiger partial charge < -0.3 is 11.5 Å². The van der Waals surface area contributed by atoms with Gasteiger partial charge in [-0.2, -0.15) is 0 Å². The van der Waals surface area contributed by atoms with Gasteiger partial charge >= 0.3 is 0 Å². The van der Waals surface area contributed by atoms with E-state index in [0.717, 1.165) is 34.7 Å². The number of aromatic nitrogens is 4. The summed E-state index contributed by atoms with van der Waals surface area (Å²) >= 11 is 4.17. The van der Waals surface area contributed by atoms with Crippen LogP contribution in [0.3, 0.4) is 0 Å². The molecule has 0 bridgehead atoms. The second kappa shape index (κ2) is 8.89. The minimum absolute atomic E-state index is 0.140. The van der Waals surface area contributed by atoms with Gasteiger partial charge in [-0.15, -0.1) is 10.2 Å². The lowest BCUT2D eigenvalue weighted by Gasteiger charge is -2.02. The van der Waals surface area contributed by atoms with Crippen LogP contribution in [-0.2, 0) is 4.79 Å². The highest BCUT2D eigenvalue weighted by atomic mass is 32.2. The molecule has 11 heteroatoms. The molecule has 0 unspecified atom stereocenters. The van der Waals surface area contributed by atoms with Crippen molar-refractivity contribution in [3.05, 3.63) is 6.07 Å². The van der Waals surface area contributed by atoms with Crippen molar-refractivity contribution in [1.82, 2.24) is 20.2 Å². The molecule has 23 heavy (non-hydrogen) atoms. The van der Waals surface area contributed by atoms with Crippen LogP contribution >= 0.6 is 34.9 Å². The first-order valence-corrected chi connectivity index (χ1v) is 9.64. The molecule has 1 amide bonds. The van der Waals surface area contributed by atoms with Gasteiger partial charge in [-0.3, -0.25) is 10.1 Å². The maximum Gasteiger partial charge on any atom is 0.236 e. The van der Waals surface area contributed by atoms with E-state index in [4.69, 9.17) is 11.5 Å². The Morgan fingerprint density at radius 1 is 1.26 bits per heavy atom. The fraction of sp³-hybridized carbons (Fsp3) is 0.417. The lowest BCUT2D eigenvalue weighted by atomic mass is 10.4. The summed E-state index contributed by atoms with van der Waals surface area (Å²) in [6.07, 6.45) is 2.27. The number of amides is 1.